The van der Waals surface area contributed by atoms with Gasteiger partial charge in [-0.1, -0.05) is 18.2 Å². The van der Waals surface area contributed by atoms with Crippen LogP contribution >= 0.6 is 0 Å². The van der Waals surface area contributed by atoms with E-state index in [-0.39, 0.29) is 5.78 Å². The number of carbonyl (C=O) groups excluding carboxylic acids is 2. The fourth-order valence-electron chi connectivity index (χ4n) is 4.87. The summed E-state index contributed by atoms with van der Waals surface area (Å²) in [5, 5.41) is 6.47. The zero-order valence-corrected chi connectivity index (χ0v) is 23.4. The number of aryl methyl sites for hydroxylation is 1. The van der Waals surface area contributed by atoms with E-state index >= 15 is 0 Å². The van der Waals surface area contributed by atoms with E-state index in [0.29, 0.717) is 37.0 Å². The summed E-state index contributed by atoms with van der Waals surface area (Å²) in [6.45, 7) is 6.21. The lowest BCUT2D eigenvalue weighted by Crippen LogP contribution is -2.37. The van der Waals surface area contributed by atoms with Gasteiger partial charge in [0.25, 0.3) is 0 Å². The number of nitrogens with zero attached hydrogens (tertiary/aromatic N) is 4. The van der Waals surface area contributed by atoms with Crippen LogP contribution in [0.2, 0.25) is 0 Å². The lowest BCUT2D eigenvalue weighted by molar-refractivity contribution is -0.116. The van der Waals surface area contributed by atoms with Crippen LogP contribution in [0.15, 0.2) is 77.3 Å². The summed E-state index contributed by atoms with van der Waals surface area (Å²) >= 11 is 0. The normalized spacial score (nSPS) is 13.2. The van der Waals surface area contributed by atoms with Crippen molar-refractivity contribution in [2.45, 2.75) is 20.3 Å². The Hall–Kier alpha value is -5.09. The zero-order valence-electron chi connectivity index (χ0n) is 23.4. The fourth-order valence-corrected chi connectivity index (χ4v) is 4.87. The van der Waals surface area contributed by atoms with Gasteiger partial charge in [0.05, 0.1) is 18.7 Å². The van der Waals surface area contributed by atoms with E-state index in [4.69, 9.17) is 19.1 Å². The second-order valence-corrected chi connectivity index (χ2v) is 10.2. The number of hydrogen-bond acceptors (Lipinski definition) is 8. The molecule has 0 aliphatic carbocycles. The van der Waals surface area contributed by atoms with Crippen LogP contribution in [0, 0.1) is 6.92 Å². The van der Waals surface area contributed by atoms with E-state index in [2.05, 4.69) is 20.5 Å². The molecule has 2 aromatic carbocycles. The van der Waals surface area contributed by atoms with Gasteiger partial charge in [-0.3, -0.25) is 10.1 Å². The first-order valence-electron chi connectivity index (χ1n) is 13.8. The topological polar surface area (TPSA) is 122 Å². The average Bonchev–Trinajstić information content (AvgIpc) is 3.44. The van der Waals surface area contributed by atoms with Crippen LogP contribution in [-0.2, 0) is 16.0 Å². The van der Waals surface area contributed by atoms with Gasteiger partial charge >= 0.3 is 6.03 Å². The van der Waals surface area contributed by atoms with Gasteiger partial charge in [0.15, 0.2) is 5.82 Å². The van der Waals surface area contributed by atoms with Gasteiger partial charge in [-0.05, 0) is 67.9 Å². The Balaban J connectivity index is 1.24. The quantitative estimate of drug-likeness (QED) is 0.252. The summed E-state index contributed by atoms with van der Waals surface area (Å²) in [5.41, 5.74) is 3.96. The smallest absolute Gasteiger partial charge is 0.324 e. The molecule has 4 heterocycles. The number of pyridine rings is 1. The van der Waals surface area contributed by atoms with Crippen molar-refractivity contribution in [3.63, 3.8) is 0 Å². The average molecular weight is 563 g/mol. The molecule has 0 bridgehead atoms. The molecule has 0 unspecified atom stereocenters. The van der Waals surface area contributed by atoms with Crippen molar-refractivity contribution in [1.29, 1.82) is 0 Å². The van der Waals surface area contributed by atoms with Crippen molar-refractivity contribution in [2.75, 3.05) is 41.8 Å². The third-order valence-corrected chi connectivity index (χ3v) is 6.94. The largest absolute Gasteiger partial charge is 0.461 e. The van der Waals surface area contributed by atoms with Crippen molar-refractivity contribution < 1.29 is 18.7 Å². The van der Waals surface area contributed by atoms with Crippen LogP contribution in [0.4, 0.5) is 22.1 Å². The minimum atomic E-state index is -0.424. The molecule has 10 heteroatoms. The molecule has 42 heavy (non-hydrogen) atoms. The Morgan fingerprint density at radius 1 is 0.905 bits per heavy atom. The second kappa shape index (κ2) is 11.8. The van der Waals surface area contributed by atoms with Crippen LogP contribution in [0.25, 0.3) is 33.6 Å². The van der Waals surface area contributed by atoms with Gasteiger partial charge < -0.3 is 19.4 Å². The Morgan fingerprint density at radius 3 is 2.38 bits per heavy atom. The van der Waals surface area contributed by atoms with E-state index in [9.17, 15) is 9.59 Å². The molecule has 2 amide bonds. The van der Waals surface area contributed by atoms with Crippen molar-refractivity contribution in [2.24, 2.45) is 0 Å². The van der Waals surface area contributed by atoms with Gasteiger partial charge in [0, 0.05) is 47.9 Å². The van der Waals surface area contributed by atoms with Crippen LogP contribution in [0.1, 0.15) is 18.2 Å². The number of amides is 2. The van der Waals surface area contributed by atoms with Crippen molar-refractivity contribution in [3.05, 3.63) is 84.3 Å². The fraction of sp³-hybridized carbons (Fsp3) is 0.219. The molecule has 10 nitrogen and oxygen atoms in total. The van der Waals surface area contributed by atoms with Gasteiger partial charge in [0.1, 0.15) is 28.9 Å². The minimum absolute atomic E-state index is 0.0862. The van der Waals surface area contributed by atoms with Crippen LogP contribution in [0.5, 0.6) is 0 Å². The van der Waals surface area contributed by atoms with Gasteiger partial charge in [-0.25, -0.2) is 19.7 Å². The maximum Gasteiger partial charge on any atom is 0.324 e. The highest BCUT2D eigenvalue weighted by Gasteiger charge is 2.19. The molecule has 6 rings (SSSR count). The number of anilines is 3. The third-order valence-electron chi connectivity index (χ3n) is 6.94. The van der Waals surface area contributed by atoms with E-state index in [1.165, 1.54) is 0 Å². The molecular weight excluding hydrogens is 532 g/mol. The van der Waals surface area contributed by atoms with E-state index in [0.717, 1.165) is 58.0 Å². The number of carbonyl (C=O) groups is 2. The highest BCUT2D eigenvalue weighted by molar-refractivity contribution is 5.99. The number of ether oxygens (including phenoxy) is 1. The summed E-state index contributed by atoms with van der Waals surface area (Å²) in [6, 6.07) is 20.3. The maximum absolute atomic E-state index is 12.6. The SMILES string of the molecule is CC(=O)Cc1ccc(NC(=O)Nc2ccc(-c3nc(N4CCOCC4)c4ccc(-c5ccc(C)o5)cc4n3)cn2)cc1. The molecular formula is C32H30N6O4. The zero-order chi connectivity index (χ0) is 29.1. The first kappa shape index (κ1) is 27.1. The lowest BCUT2D eigenvalue weighted by atomic mass is 10.1. The summed E-state index contributed by atoms with van der Waals surface area (Å²) in [5.74, 6) is 3.47. The van der Waals surface area contributed by atoms with Gasteiger partial charge in [-0.15, -0.1) is 0 Å². The summed E-state index contributed by atoms with van der Waals surface area (Å²) in [4.78, 5) is 40.3. The van der Waals surface area contributed by atoms with Crippen molar-refractivity contribution >= 4 is 40.0 Å². The van der Waals surface area contributed by atoms with Gasteiger partial charge in [-0.2, -0.15) is 0 Å². The molecule has 0 spiro atoms. The van der Waals surface area contributed by atoms with Crippen molar-refractivity contribution in [3.8, 4) is 22.7 Å². The number of rotatable bonds is 7. The summed E-state index contributed by atoms with van der Waals surface area (Å²) in [7, 11) is 0. The van der Waals surface area contributed by atoms with Gasteiger partial charge in [0.2, 0.25) is 0 Å². The van der Waals surface area contributed by atoms with Crippen LogP contribution in [0.3, 0.4) is 0 Å². The Labute approximate surface area is 242 Å². The highest BCUT2D eigenvalue weighted by Crippen LogP contribution is 2.32. The summed E-state index contributed by atoms with van der Waals surface area (Å²) < 4.78 is 11.4. The molecule has 1 saturated heterocycles. The van der Waals surface area contributed by atoms with E-state index < -0.39 is 6.03 Å². The Bertz CT molecular complexity index is 1740. The molecule has 212 valence electrons. The predicted octanol–water partition coefficient (Wildman–Crippen LogP) is 5.87. The monoisotopic (exact) mass is 562 g/mol. The number of fused-ring (bicyclic) bond motifs is 1. The van der Waals surface area contributed by atoms with Crippen LogP contribution < -0.4 is 15.5 Å². The number of nitrogens with one attached hydrogen (secondary N) is 2. The number of aromatic nitrogens is 3. The van der Waals surface area contributed by atoms with E-state index in [1.54, 1.807) is 31.3 Å². The number of urea groups is 1. The maximum atomic E-state index is 12.6. The number of hydrogen-bond donors (Lipinski definition) is 2. The number of Topliss-reactive ketones (excluding diaryl/α,β-unsaturated/α-hetero) is 1. The van der Waals surface area contributed by atoms with Crippen molar-refractivity contribution in [1.82, 2.24) is 15.0 Å². The molecule has 3 aromatic heterocycles. The third kappa shape index (κ3) is 6.13. The first-order valence-corrected chi connectivity index (χ1v) is 13.8. The Morgan fingerprint density at radius 2 is 1.69 bits per heavy atom. The molecule has 0 saturated carbocycles. The molecule has 0 atom stereocenters. The lowest BCUT2D eigenvalue weighted by Gasteiger charge is -2.29. The van der Waals surface area contributed by atoms with E-state index in [1.807, 2.05) is 55.5 Å². The molecule has 2 N–H and O–H groups in total. The number of benzene rings is 2. The number of ketones is 1. The summed E-state index contributed by atoms with van der Waals surface area (Å²) in [6.07, 6.45) is 2.01. The minimum Gasteiger partial charge on any atom is -0.461 e. The predicted molar refractivity (Wildman–Crippen MR) is 162 cm³/mol. The molecule has 1 fully saturated rings. The van der Waals surface area contributed by atoms with Crippen LogP contribution in [-0.4, -0.2) is 53.1 Å². The molecule has 5 aromatic rings. The second-order valence-electron chi connectivity index (χ2n) is 10.2. The first-order chi connectivity index (χ1) is 20.4. The number of morpholine rings is 1. The standard InChI is InChI=1S/C32H30N6O4/c1-20(39)17-22-4-8-25(9-5-22)34-32(40)36-29-12-7-24(19-33-29)30-35-27-18-23(28-11-3-21(2)42-28)6-10-26(27)31(37-30)38-13-15-41-16-14-38/h3-12,18-19H,13-17H2,1-2H3,(H2,33,34,36,40). The highest BCUT2D eigenvalue weighted by atomic mass is 16.5. The molecule has 1 aliphatic rings. The Kier molecular flexibility index (Phi) is 7.61. The molecule has 0 radical (unpaired) electrons. The number of furan rings is 1. The molecule has 1 aliphatic heterocycles.